The second-order valence-corrected chi connectivity index (χ2v) is 5.46. The monoisotopic (exact) mass is 266 g/mol. The molecule has 0 spiro atoms. The standard InChI is InChI=1S/C15H23FN2O/c1-11(14-9-12(16)6-7-15(14)19)17-10-13-5-3-4-8-18(13)2/h6-7,9,11,13,17,19H,3-5,8,10H2,1-2H3. The summed E-state index contributed by atoms with van der Waals surface area (Å²) in [4.78, 5) is 2.37. The molecule has 0 saturated carbocycles. The Morgan fingerprint density at radius 2 is 2.26 bits per heavy atom. The molecule has 1 fully saturated rings. The SMILES string of the molecule is CC(NCC1CCCCN1C)c1cc(F)ccc1O. The van der Waals surface area contributed by atoms with Gasteiger partial charge in [0.25, 0.3) is 0 Å². The molecule has 0 aromatic heterocycles. The van der Waals surface area contributed by atoms with E-state index in [4.69, 9.17) is 0 Å². The van der Waals surface area contributed by atoms with Crippen LogP contribution < -0.4 is 5.32 Å². The van der Waals surface area contributed by atoms with Crippen LogP contribution in [0.3, 0.4) is 0 Å². The summed E-state index contributed by atoms with van der Waals surface area (Å²) < 4.78 is 13.2. The summed E-state index contributed by atoms with van der Waals surface area (Å²) in [6, 6.07) is 4.58. The topological polar surface area (TPSA) is 35.5 Å². The van der Waals surface area contributed by atoms with Crippen molar-refractivity contribution in [3.63, 3.8) is 0 Å². The molecule has 2 rings (SSSR count). The number of nitrogens with one attached hydrogen (secondary N) is 1. The molecular formula is C15H23FN2O. The fourth-order valence-corrected chi connectivity index (χ4v) is 2.70. The average Bonchev–Trinajstić information content (AvgIpc) is 2.40. The molecule has 2 unspecified atom stereocenters. The molecule has 19 heavy (non-hydrogen) atoms. The van der Waals surface area contributed by atoms with Gasteiger partial charge in [0.1, 0.15) is 11.6 Å². The van der Waals surface area contributed by atoms with Gasteiger partial charge in [-0.3, -0.25) is 0 Å². The molecule has 2 N–H and O–H groups in total. The second kappa shape index (κ2) is 6.35. The van der Waals surface area contributed by atoms with Gasteiger partial charge >= 0.3 is 0 Å². The Labute approximate surface area is 114 Å². The number of hydrogen-bond donors (Lipinski definition) is 2. The number of nitrogens with zero attached hydrogens (tertiary/aromatic N) is 1. The van der Waals surface area contributed by atoms with Crippen molar-refractivity contribution in [2.45, 2.75) is 38.3 Å². The predicted octanol–water partition coefficient (Wildman–Crippen LogP) is 2.67. The average molecular weight is 266 g/mol. The molecule has 3 nitrogen and oxygen atoms in total. The number of piperidine rings is 1. The number of likely N-dealkylation sites (tertiary alicyclic amines) is 1. The quantitative estimate of drug-likeness (QED) is 0.879. The maximum atomic E-state index is 13.2. The zero-order valence-corrected chi connectivity index (χ0v) is 11.7. The summed E-state index contributed by atoms with van der Waals surface area (Å²) in [5.74, 6) is -0.158. The van der Waals surface area contributed by atoms with Crippen molar-refractivity contribution in [3.8, 4) is 5.75 Å². The van der Waals surface area contributed by atoms with Crippen molar-refractivity contribution >= 4 is 0 Å². The van der Waals surface area contributed by atoms with Gasteiger partial charge in [0.2, 0.25) is 0 Å². The number of hydrogen-bond acceptors (Lipinski definition) is 3. The molecule has 4 heteroatoms. The predicted molar refractivity (Wildman–Crippen MR) is 74.8 cm³/mol. The van der Waals surface area contributed by atoms with Gasteiger partial charge in [-0.1, -0.05) is 6.42 Å². The van der Waals surface area contributed by atoms with E-state index in [-0.39, 0.29) is 17.6 Å². The summed E-state index contributed by atoms with van der Waals surface area (Å²) >= 11 is 0. The van der Waals surface area contributed by atoms with Gasteiger partial charge in [0, 0.05) is 24.2 Å². The van der Waals surface area contributed by atoms with Gasteiger partial charge < -0.3 is 15.3 Å². The van der Waals surface area contributed by atoms with E-state index in [9.17, 15) is 9.50 Å². The van der Waals surface area contributed by atoms with Crippen LogP contribution in [-0.4, -0.2) is 36.2 Å². The number of halogens is 1. The fourth-order valence-electron chi connectivity index (χ4n) is 2.70. The van der Waals surface area contributed by atoms with E-state index in [1.54, 1.807) is 0 Å². The lowest BCUT2D eigenvalue weighted by molar-refractivity contribution is 0.178. The van der Waals surface area contributed by atoms with E-state index in [2.05, 4.69) is 17.3 Å². The Morgan fingerprint density at radius 1 is 1.47 bits per heavy atom. The van der Waals surface area contributed by atoms with Gasteiger partial charge in [-0.15, -0.1) is 0 Å². The van der Waals surface area contributed by atoms with Crippen LogP contribution in [0.5, 0.6) is 5.75 Å². The first-order chi connectivity index (χ1) is 9.08. The molecule has 1 heterocycles. The summed E-state index contributed by atoms with van der Waals surface area (Å²) in [5, 5.41) is 13.2. The van der Waals surface area contributed by atoms with Crippen LogP contribution in [0.4, 0.5) is 4.39 Å². The lowest BCUT2D eigenvalue weighted by atomic mass is 10.0. The van der Waals surface area contributed by atoms with Crippen LogP contribution >= 0.6 is 0 Å². The molecule has 1 aromatic rings. The van der Waals surface area contributed by atoms with Crippen molar-refractivity contribution < 1.29 is 9.50 Å². The lowest BCUT2D eigenvalue weighted by Gasteiger charge is -2.33. The molecule has 1 aromatic carbocycles. The molecular weight excluding hydrogens is 243 g/mol. The molecule has 0 aliphatic carbocycles. The number of phenolic OH excluding ortho intramolecular Hbond substituents is 1. The third kappa shape index (κ3) is 3.67. The maximum absolute atomic E-state index is 13.2. The van der Waals surface area contributed by atoms with Gasteiger partial charge in [0.15, 0.2) is 0 Å². The Bertz CT molecular complexity index is 425. The third-order valence-corrected chi connectivity index (χ3v) is 4.04. The Morgan fingerprint density at radius 3 is 3.00 bits per heavy atom. The molecule has 1 saturated heterocycles. The number of phenols is 1. The normalized spacial score (nSPS) is 22.4. The van der Waals surface area contributed by atoms with E-state index in [1.165, 1.54) is 37.5 Å². The highest BCUT2D eigenvalue weighted by Gasteiger charge is 2.20. The van der Waals surface area contributed by atoms with Crippen LogP contribution in [0.15, 0.2) is 18.2 Å². The zero-order chi connectivity index (χ0) is 13.8. The van der Waals surface area contributed by atoms with Crippen LogP contribution in [0.25, 0.3) is 0 Å². The maximum Gasteiger partial charge on any atom is 0.123 e. The number of aromatic hydroxyl groups is 1. The van der Waals surface area contributed by atoms with Crippen LogP contribution in [-0.2, 0) is 0 Å². The fraction of sp³-hybridized carbons (Fsp3) is 0.600. The van der Waals surface area contributed by atoms with E-state index >= 15 is 0 Å². The van der Waals surface area contributed by atoms with E-state index < -0.39 is 0 Å². The lowest BCUT2D eigenvalue weighted by Crippen LogP contribution is -2.43. The summed E-state index contributed by atoms with van der Waals surface area (Å²) in [6.07, 6.45) is 3.74. The van der Waals surface area contributed by atoms with Gasteiger partial charge in [0.05, 0.1) is 0 Å². The minimum atomic E-state index is -0.309. The highest BCUT2D eigenvalue weighted by Crippen LogP contribution is 2.25. The molecule has 2 atom stereocenters. The van der Waals surface area contributed by atoms with Crippen molar-refractivity contribution in [1.29, 1.82) is 0 Å². The zero-order valence-electron chi connectivity index (χ0n) is 11.7. The smallest absolute Gasteiger partial charge is 0.123 e. The summed E-state index contributed by atoms with van der Waals surface area (Å²) in [7, 11) is 2.15. The van der Waals surface area contributed by atoms with Gasteiger partial charge in [-0.2, -0.15) is 0 Å². The molecule has 1 aliphatic heterocycles. The number of benzene rings is 1. The van der Waals surface area contributed by atoms with Gasteiger partial charge in [-0.05, 0) is 51.6 Å². The molecule has 0 amide bonds. The highest BCUT2D eigenvalue weighted by atomic mass is 19.1. The largest absolute Gasteiger partial charge is 0.508 e. The van der Waals surface area contributed by atoms with E-state index in [0.29, 0.717) is 11.6 Å². The molecule has 1 aliphatic rings. The van der Waals surface area contributed by atoms with E-state index in [1.807, 2.05) is 6.92 Å². The van der Waals surface area contributed by atoms with Crippen LogP contribution in [0, 0.1) is 5.82 Å². The highest BCUT2D eigenvalue weighted by molar-refractivity contribution is 5.34. The Balaban J connectivity index is 1.93. The van der Waals surface area contributed by atoms with Crippen LogP contribution in [0.1, 0.15) is 37.8 Å². The third-order valence-electron chi connectivity index (χ3n) is 4.04. The second-order valence-electron chi connectivity index (χ2n) is 5.46. The van der Waals surface area contributed by atoms with Crippen molar-refractivity contribution in [3.05, 3.63) is 29.6 Å². The first kappa shape index (κ1) is 14.3. The van der Waals surface area contributed by atoms with E-state index in [0.717, 1.165) is 13.1 Å². The first-order valence-electron chi connectivity index (χ1n) is 7.00. The molecule has 106 valence electrons. The van der Waals surface area contributed by atoms with Crippen molar-refractivity contribution in [1.82, 2.24) is 10.2 Å². The summed E-state index contributed by atoms with van der Waals surface area (Å²) in [6.45, 7) is 3.97. The van der Waals surface area contributed by atoms with Gasteiger partial charge in [-0.25, -0.2) is 4.39 Å². The Kier molecular flexibility index (Phi) is 4.77. The minimum Gasteiger partial charge on any atom is -0.508 e. The number of likely N-dealkylation sites (N-methyl/N-ethyl adjacent to an activating group) is 1. The molecule has 0 bridgehead atoms. The van der Waals surface area contributed by atoms with Crippen molar-refractivity contribution in [2.75, 3.05) is 20.1 Å². The summed E-state index contributed by atoms with van der Waals surface area (Å²) in [5.41, 5.74) is 0.624. The Hall–Kier alpha value is -1.13. The number of rotatable bonds is 4. The first-order valence-corrected chi connectivity index (χ1v) is 7.00. The van der Waals surface area contributed by atoms with Crippen LogP contribution in [0.2, 0.25) is 0 Å². The molecule has 0 radical (unpaired) electrons. The minimum absolute atomic E-state index is 0.0500. The van der Waals surface area contributed by atoms with Crippen molar-refractivity contribution in [2.24, 2.45) is 0 Å².